The zero-order valence-corrected chi connectivity index (χ0v) is 15.8. The first-order valence-electron chi connectivity index (χ1n) is 8.12. The van der Waals surface area contributed by atoms with Gasteiger partial charge in [-0.3, -0.25) is 4.79 Å². The number of carbonyl (C=O) groups excluding carboxylic acids is 1. The molecule has 1 aromatic heterocycles. The van der Waals surface area contributed by atoms with Gasteiger partial charge in [-0.1, -0.05) is 35.2 Å². The SMILES string of the molecule is Cc1cccc(Nc2nnc(SCC(=O)N[C@@H](C)C3CC3)s2)c1C. The molecule has 128 valence electrons. The summed E-state index contributed by atoms with van der Waals surface area (Å²) in [6, 6.07) is 6.42. The zero-order valence-electron chi connectivity index (χ0n) is 14.1. The number of benzene rings is 1. The molecule has 1 saturated carbocycles. The Hall–Kier alpha value is -1.60. The molecule has 24 heavy (non-hydrogen) atoms. The lowest BCUT2D eigenvalue weighted by Gasteiger charge is -2.11. The number of rotatable bonds is 7. The zero-order chi connectivity index (χ0) is 17.1. The fraction of sp³-hybridized carbons (Fsp3) is 0.471. The number of nitrogens with one attached hydrogen (secondary N) is 2. The van der Waals surface area contributed by atoms with Crippen LogP contribution in [0, 0.1) is 19.8 Å². The maximum atomic E-state index is 11.9. The lowest BCUT2D eigenvalue weighted by Crippen LogP contribution is -2.35. The predicted octanol–water partition coefficient (Wildman–Crippen LogP) is 3.91. The minimum atomic E-state index is 0.0682. The molecule has 1 aliphatic carbocycles. The second-order valence-corrected chi connectivity index (χ2v) is 8.43. The van der Waals surface area contributed by atoms with Crippen molar-refractivity contribution in [3.63, 3.8) is 0 Å². The number of nitrogens with zero attached hydrogens (tertiary/aromatic N) is 2. The summed E-state index contributed by atoms with van der Waals surface area (Å²) in [4.78, 5) is 11.9. The monoisotopic (exact) mass is 362 g/mol. The van der Waals surface area contributed by atoms with E-state index < -0.39 is 0 Å². The van der Waals surface area contributed by atoms with Gasteiger partial charge in [0.2, 0.25) is 11.0 Å². The molecule has 5 nitrogen and oxygen atoms in total. The summed E-state index contributed by atoms with van der Waals surface area (Å²) in [5.74, 6) is 1.13. The fourth-order valence-electron chi connectivity index (χ4n) is 2.46. The number of amides is 1. The van der Waals surface area contributed by atoms with Crippen LogP contribution in [0.5, 0.6) is 0 Å². The van der Waals surface area contributed by atoms with Gasteiger partial charge in [-0.05, 0) is 56.7 Å². The van der Waals surface area contributed by atoms with Gasteiger partial charge < -0.3 is 10.6 Å². The van der Waals surface area contributed by atoms with Crippen molar-refractivity contribution in [3.8, 4) is 0 Å². The first kappa shape index (κ1) is 17.2. The van der Waals surface area contributed by atoms with Gasteiger partial charge in [0.1, 0.15) is 0 Å². The van der Waals surface area contributed by atoms with Crippen LogP contribution in [0.25, 0.3) is 0 Å². The van der Waals surface area contributed by atoms with Crippen molar-refractivity contribution < 1.29 is 4.79 Å². The van der Waals surface area contributed by atoms with E-state index in [0.29, 0.717) is 11.7 Å². The van der Waals surface area contributed by atoms with Crippen LogP contribution in [0.4, 0.5) is 10.8 Å². The first-order chi connectivity index (χ1) is 11.5. The molecule has 0 spiro atoms. The number of aryl methyl sites for hydroxylation is 1. The summed E-state index contributed by atoms with van der Waals surface area (Å²) in [5, 5.41) is 15.4. The Morgan fingerprint density at radius 1 is 1.38 bits per heavy atom. The van der Waals surface area contributed by atoms with Crippen LogP contribution in [0.2, 0.25) is 0 Å². The molecule has 1 heterocycles. The average Bonchev–Trinajstić information content (AvgIpc) is 3.31. The Morgan fingerprint density at radius 3 is 2.92 bits per heavy atom. The summed E-state index contributed by atoms with van der Waals surface area (Å²) in [7, 11) is 0. The Labute approximate surface area is 150 Å². The molecular weight excluding hydrogens is 340 g/mol. The van der Waals surface area contributed by atoms with Crippen LogP contribution in [-0.4, -0.2) is 27.9 Å². The van der Waals surface area contributed by atoms with Gasteiger partial charge in [-0.15, -0.1) is 10.2 Å². The van der Waals surface area contributed by atoms with Crippen molar-refractivity contribution in [2.75, 3.05) is 11.1 Å². The maximum Gasteiger partial charge on any atom is 0.230 e. The van der Waals surface area contributed by atoms with E-state index in [2.05, 4.69) is 47.7 Å². The normalized spacial score (nSPS) is 15.1. The molecule has 0 unspecified atom stereocenters. The molecule has 1 atom stereocenters. The lowest BCUT2D eigenvalue weighted by molar-refractivity contribution is -0.119. The van der Waals surface area contributed by atoms with Crippen LogP contribution >= 0.6 is 23.1 Å². The molecule has 1 aromatic carbocycles. The van der Waals surface area contributed by atoms with Crippen LogP contribution in [0.15, 0.2) is 22.5 Å². The Kier molecular flexibility index (Phi) is 5.40. The summed E-state index contributed by atoms with van der Waals surface area (Å²) in [6.07, 6.45) is 2.47. The molecule has 2 aromatic rings. The highest BCUT2D eigenvalue weighted by Gasteiger charge is 2.28. The molecule has 7 heteroatoms. The van der Waals surface area contributed by atoms with E-state index in [-0.39, 0.29) is 11.9 Å². The number of hydrogen-bond donors (Lipinski definition) is 2. The third-order valence-corrected chi connectivity index (χ3v) is 6.27. The first-order valence-corrected chi connectivity index (χ1v) is 9.92. The summed E-state index contributed by atoms with van der Waals surface area (Å²) < 4.78 is 0.803. The second-order valence-electron chi connectivity index (χ2n) is 6.23. The highest BCUT2D eigenvalue weighted by molar-refractivity contribution is 8.01. The maximum absolute atomic E-state index is 11.9. The van der Waals surface area contributed by atoms with Gasteiger partial charge >= 0.3 is 0 Å². The van der Waals surface area contributed by atoms with Crippen molar-refractivity contribution in [1.29, 1.82) is 0 Å². The molecule has 0 saturated heterocycles. The Balaban J connectivity index is 1.51. The van der Waals surface area contributed by atoms with E-state index in [9.17, 15) is 4.79 Å². The lowest BCUT2D eigenvalue weighted by atomic mass is 10.1. The number of aromatic nitrogens is 2. The van der Waals surface area contributed by atoms with Gasteiger partial charge in [0.05, 0.1) is 5.75 Å². The minimum Gasteiger partial charge on any atom is -0.353 e. The molecule has 1 aliphatic rings. The highest BCUT2D eigenvalue weighted by Crippen LogP contribution is 2.32. The molecule has 3 rings (SSSR count). The van der Waals surface area contributed by atoms with Crippen molar-refractivity contribution >= 4 is 39.8 Å². The fourth-order valence-corrected chi connectivity index (χ4v) is 4.03. The largest absolute Gasteiger partial charge is 0.353 e. The number of carbonyl (C=O) groups is 1. The smallest absolute Gasteiger partial charge is 0.230 e. The van der Waals surface area contributed by atoms with E-state index >= 15 is 0 Å². The van der Waals surface area contributed by atoms with E-state index in [1.807, 2.05) is 12.1 Å². The molecule has 0 bridgehead atoms. The van der Waals surface area contributed by atoms with E-state index in [1.165, 1.54) is 47.1 Å². The standard InChI is InChI=1S/C17H22N4OS2/c1-10-5-4-6-14(11(10)2)19-16-20-21-17(24-16)23-9-15(22)18-12(3)13-7-8-13/h4-6,12-13H,7-9H2,1-3H3,(H,18,22)(H,19,20)/t12-/m0/s1. The predicted molar refractivity (Wildman–Crippen MR) is 100 cm³/mol. The summed E-state index contributed by atoms with van der Waals surface area (Å²) in [6.45, 7) is 6.25. The average molecular weight is 363 g/mol. The quantitative estimate of drug-likeness (QED) is 0.731. The van der Waals surface area contributed by atoms with Gasteiger partial charge in [0.15, 0.2) is 4.34 Å². The van der Waals surface area contributed by atoms with E-state index in [1.54, 1.807) is 0 Å². The third-order valence-electron chi connectivity index (χ3n) is 4.30. The Morgan fingerprint density at radius 2 is 2.17 bits per heavy atom. The molecule has 0 aliphatic heterocycles. The van der Waals surface area contributed by atoms with Gasteiger partial charge in [0, 0.05) is 11.7 Å². The molecular formula is C17H22N4OS2. The van der Waals surface area contributed by atoms with E-state index in [0.717, 1.165) is 15.2 Å². The third kappa shape index (κ3) is 4.48. The number of hydrogen-bond acceptors (Lipinski definition) is 6. The van der Waals surface area contributed by atoms with Crippen molar-refractivity contribution in [2.24, 2.45) is 5.92 Å². The minimum absolute atomic E-state index is 0.0682. The Bertz CT molecular complexity index is 727. The molecule has 2 N–H and O–H groups in total. The topological polar surface area (TPSA) is 66.9 Å². The van der Waals surface area contributed by atoms with Crippen molar-refractivity contribution in [3.05, 3.63) is 29.3 Å². The molecule has 1 amide bonds. The van der Waals surface area contributed by atoms with Crippen LogP contribution in [0.1, 0.15) is 30.9 Å². The number of thioether (sulfide) groups is 1. The molecule has 1 fully saturated rings. The second kappa shape index (κ2) is 7.53. The van der Waals surface area contributed by atoms with Gasteiger partial charge in [-0.25, -0.2) is 0 Å². The van der Waals surface area contributed by atoms with Gasteiger partial charge in [0.25, 0.3) is 0 Å². The van der Waals surface area contributed by atoms with Crippen LogP contribution in [0.3, 0.4) is 0 Å². The highest BCUT2D eigenvalue weighted by atomic mass is 32.2. The number of anilines is 2. The van der Waals surface area contributed by atoms with Crippen molar-refractivity contribution in [2.45, 2.75) is 44.0 Å². The van der Waals surface area contributed by atoms with Crippen molar-refractivity contribution in [1.82, 2.24) is 15.5 Å². The van der Waals surface area contributed by atoms with Crippen LogP contribution < -0.4 is 10.6 Å². The van der Waals surface area contributed by atoms with Gasteiger partial charge in [-0.2, -0.15) is 0 Å². The summed E-state index contributed by atoms with van der Waals surface area (Å²) >= 11 is 2.91. The van der Waals surface area contributed by atoms with E-state index in [4.69, 9.17) is 0 Å². The molecule has 0 radical (unpaired) electrons. The van der Waals surface area contributed by atoms with Crippen LogP contribution in [-0.2, 0) is 4.79 Å². The summed E-state index contributed by atoms with van der Waals surface area (Å²) in [5.41, 5.74) is 3.48.